The van der Waals surface area contributed by atoms with E-state index in [1.807, 2.05) is 17.5 Å². The van der Waals surface area contributed by atoms with Crippen molar-refractivity contribution >= 4 is 40.4 Å². The molecule has 0 atom stereocenters. The van der Waals surface area contributed by atoms with E-state index in [1.165, 1.54) is 11.3 Å². The molecule has 0 aliphatic heterocycles. The largest absolute Gasteiger partial charge is 0.484 e. The van der Waals surface area contributed by atoms with Gasteiger partial charge in [-0.1, -0.05) is 6.07 Å². The number of thiophene rings is 1. The third-order valence-corrected chi connectivity index (χ3v) is 4.48. The third-order valence-electron chi connectivity index (χ3n) is 3.68. The minimum absolute atomic E-state index is 0.212. The number of nitrogens with zero attached hydrogens (tertiary/aromatic N) is 1. The van der Waals surface area contributed by atoms with E-state index in [4.69, 9.17) is 13.9 Å². The summed E-state index contributed by atoms with van der Waals surface area (Å²) in [5.41, 5.74) is 3.31. The van der Waals surface area contributed by atoms with Gasteiger partial charge in [0, 0.05) is 10.3 Å². The highest BCUT2D eigenvalue weighted by atomic mass is 32.1. The number of ether oxygens (including phenoxy) is 2. The molecule has 0 spiro atoms. The van der Waals surface area contributed by atoms with Gasteiger partial charge in [-0.15, -0.1) is 11.3 Å². The van der Waals surface area contributed by atoms with E-state index in [0.29, 0.717) is 28.0 Å². The predicted octanol–water partition coefficient (Wildman–Crippen LogP) is 3.90. The normalized spacial score (nSPS) is 11.3. The highest BCUT2D eigenvalue weighted by molar-refractivity contribution is 7.11. The van der Waals surface area contributed by atoms with Crippen molar-refractivity contribution < 1.29 is 23.5 Å². The van der Waals surface area contributed by atoms with Crippen LogP contribution in [-0.4, -0.2) is 30.8 Å². The summed E-state index contributed by atoms with van der Waals surface area (Å²) in [5.74, 6) is 0.0579. The molecule has 0 aliphatic rings. The van der Waals surface area contributed by atoms with Crippen LogP contribution in [-0.2, 0) is 9.53 Å². The molecule has 28 heavy (non-hydrogen) atoms. The number of furan rings is 1. The van der Waals surface area contributed by atoms with Gasteiger partial charge in [0.25, 0.3) is 5.91 Å². The lowest BCUT2D eigenvalue weighted by atomic mass is 10.1. The van der Waals surface area contributed by atoms with Gasteiger partial charge in [-0.3, -0.25) is 4.79 Å². The molecule has 1 N–H and O–H groups in total. The average molecular weight is 400 g/mol. The van der Waals surface area contributed by atoms with Crippen LogP contribution in [0.4, 0.5) is 0 Å². The maximum absolute atomic E-state index is 12.3. The average Bonchev–Trinajstić information content (AvgIpc) is 3.25. The molecule has 0 aliphatic carbocycles. The fourth-order valence-electron chi connectivity index (χ4n) is 2.53. The Hall–Kier alpha value is -3.13. The number of hydrogen-bond donors (Lipinski definition) is 1. The lowest BCUT2D eigenvalue weighted by molar-refractivity contribution is -0.123. The van der Waals surface area contributed by atoms with Crippen molar-refractivity contribution in [3.05, 3.63) is 51.9 Å². The van der Waals surface area contributed by atoms with Gasteiger partial charge in [0.2, 0.25) is 0 Å². The number of fused-ring (bicyclic) bond motifs is 1. The summed E-state index contributed by atoms with van der Waals surface area (Å²) >= 11 is 1.52. The number of esters is 1. The first kappa shape index (κ1) is 19.6. The molecular weight excluding hydrogens is 380 g/mol. The Balaban J connectivity index is 1.66. The van der Waals surface area contributed by atoms with E-state index < -0.39 is 11.9 Å². The Morgan fingerprint density at radius 2 is 2.14 bits per heavy atom. The molecule has 2 heterocycles. The SMILES string of the molecule is Cc1oc2ccc(OCC(=O)N/N=C\c3cccs3)cc2c1C(=O)OC(C)C. The van der Waals surface area contributed by atoms with Gasteiger partial charge in [-0.2, -0.15) is 5.10 Å². The second-order valence-electron chi connectivity index (χ2n) is 6.24. The molecule has 7 nitrogen and oxygen atoms in total. The standard InChI is InChI=1S/C20H20N2O5S/c1-12(2)26-20(24)19-13(3)27-17-7-6-14(9-16(17)19)25-11-18(23)22-21-10-15-5-4-8-28-15/h4-10,12H,11H2,1-3H3,(H,22,23)/b21-10-. The fourth-order valence-corrected chi connectivity index (χ4v) is 3.11. The second-order valence-corrected chi connectivity index (χ2v) is 7.22. The van der Waals surface area contributed by atoms with Crippen molar-refractivity contribution in [1.29, 1.82) is 0 Å². The van der Waals surface area contributed by atoms with Gasteiger partial charge in [0.15, 0.2) is 6.61 Å². The molecule has 3 aromatic rings. The zero-order chi connectivity index (χ0) is 20.1. The van der Waals surface area contributed by atoms with E-state index in [-0.39, 0.29) is 12.7 Å². The lowest BCUT2D eigenvalue weighted by Gasteiger charge is -2.08. The van der Waals surface area contributed by atoms with E-state index >= 15 is 0 Å². The van der Waals surface area contributed by atoms with Crippen molar-refractivity contribution in [3.8, 4) is 5.75 Å². The minimum atomic E-state index is -0.455. The van der Waals surface area contributed by atoms with Crippen molar-refractivity contribution in [3.63, 3.8) is 0 Å². The van der Waals surface area contributed by atoms with E-state index in [9.17, 15) is 9.59 Å². The lowest BCUT2D eigenvalue weighted by Crippen LogP contribution is -2.24. The number of aryl methyl sites for hydroxylation is 1. The molecule has 146 valence electrons. The Kier molecular flexibility index (Phi) is 6.10. The van der Waals surface area contributed by atoms with Crippen LogP contribution in [0, 0.1) is 6.92 Å². The van der Waals surface area contributed by atoms with Gasteiger partial charge >= 0.3 is 5.97 Å². The van der Waals surface area contributed by atoms with Gasteiger partial charge < -0.3 is 13.9 Å². The van der Waals surface area contributed by atoms with Crippen LogP contribution in [0.5, 0.6) is 5.75 Å². The van der Waals surface area contributed by atoms with Gasteiger partial charge in [0.1, 0.15) is 22.7 Å². The van der Waals surface area contributed by atoms with Crippen LogP contribution in [0.25, 0.3) is 11.0 Å². The molecule has 0 fully saturated rings. The van der Waals surface area contributed by atoms with E-state index in [0.717, 1.165) is 4.88 Å². The molecule has 1 aromatic carbocycles. The summed E-state index contributed by atoms with van der Waals surface area (Å²) in [6.07, 6.45) is 1.32. The van der Waals surface area contributed by atoms with Crippen molar-refractivity contribution in [2.45, 2.75) is 26.9 Å². The van der Waals surface area contributed by atoms with E-state index in [2.05, 4.69) is 10.5 Å². The zero-order valence-electron chi connectivity index (χ0n) is 15.7. The number of benzene rings is 1. The van der Waals surface area contributed by atoms with Crippen molar-refractivity contribution in [2.75, 3.05) is 6.61 Å². The predicted molar refractivity (Wildman–Crippen MR) is 107 cm³/mol. The quantitative estimate of drug-likeness (QED) is 0.369. The van der Waals surface area contributed by atoms with E-state index in [1.54, 1.807) is 45.2 Å². The second kappa shape index (κ2) is 8.71. The molecule has 8 heteroatoms. The highest BCUT2D eigenvalue weighted by Gasteiger charge is 2.21. The number of hydrogen-bond acceptors (Lipinski definition) is 7. The number of nitrogens with one attached hydrogen (secondary N) is 1. The molecule has 0 saturated carbocycles. The first-order valence-corrected chi connectivity index (χ1v) is 9.54. The van der Waals surface area contributed by atoms with Crippen LogP contribution >= 0.6 is 11.3 Å². The van der Waals surface area contributed by atoms with Gasteiger partial charge in [-0.25, -0.2) is 10.2 Å². The third kappa shape index (κ3) is 4.77. The van der Waals surface area contributed by atoms with Crippen LogP contribution in [0.3, 0.4) is 0 Å². The maximum atomic E-state index is 12.3. The maximum Gasteiger partial charge on any atom is 0.342 e. The summed E-state index contributed by atoms with van der Waals surface area (Å²) in [6.45, 7) is 5.06. The van der Waals surface area contributed by atoms with Crippen molar-refractivity contribution in [1.82, 2.24) is 5.43 Å². The zero-order valence-corrected chi connectivity index (χ0v) is 16.5. The molecule has 2 aromatic heterocycles. The fraction of sp³-hybridized carbons (Fsp3) is 0.250. The molecule has 1 amide bonds. The molecule has 0 saturated heterocycles. The summed E-state index contributed by atoms with van der Waals surface area (Å²) in [6, 6.07) is 8.81. The number of amides is 1. The highest BCUT2D eigenvalue weighted by Crippen LogP contribution is 2.30. The first-order valence-electron chi connectivity index (χ1n) is 8.66. The smallest absolute Gasteiger partial charge is 0.342 e. The number of rotatable bonds is 7. The van der Waals surface area contributed by atoms with Crippen LogP contribution in [0.1, 0.15) is 34.8 Å². The van der Waals surface area contributed by atoms with Crippen LogP contribution < -0.4 is 10.2 Å². The number of carbonyl (C=O) groups excluding carboxylic acids is 2. The summed E-state index contributed by atoms with van der Waals surface area (Å²) < 4.78 is 16.4. The molecule has 0 bridgehead atoms. The van der Waals surface area contributed by atoms with Crippen molar-refractivity contribution in [2.24, 2.45) is 5.10 Å². The molecule has 3 rings (SSSR count). The molecular formula is C20H20N2O5S. The summed E-state index contributed by atoms with van der Waals surface area (Å²) in [4.78, 5) is 25.1. The first-order chi connectivity index (χ1) is 13.4. The monoisotopic (exact) mass is 400 g/mol. The van der Waals surface area contributed by atoms with Gasteiger partial charge in [0.05, 0.1) is 12.3 Å². The topological polar surface area (TPSA) is 90.1 Å². The molecule has 0 unspecified atom stereocenters. The molecule has 0 radical (unpaired) electrons. The Morgan fingerprint density at radius 1 is 1.32 bits per heavy atom. The number of carbonyl (C=O) groups is 2. The summed E-state index contributed by atoms with van der Waals surface area (Å²) in [7, 11) is 0. The Labute approximate surface area is 165 Å². The minimum Gasteiger partial charge on any atom is -0.484 e. The summed E-state index contributed by atoms with van der Waals surface area (Å²) in [5, 5.41) is 6.38. The van der Waals surface area contributed by atoms with Crippen LogP contribution in [0.15, 0.2) is 45.2 Å². The Morgan fingerprint density at radius 3 is 2.86 bits per heavy atom. The van der Waals surface area contributed by atoms with Crippen LogP contribution in [0.2, 0.25) is 0 Å². The van der Waals surface area contributed by atoms with Gasteiger partial charge in [-0.05, 0) is 50.4 Å². The number of hydrazone groups is 1. The Bertz CT molecular complexity index is 1010.